The smallest absolute Gasteiger partial charge is 0.462 e. The minimum absolute atomic E-state index is 0.204. The Labute approximate surface area is 218 Å². The molecule has 2 N–H and O–H groups in total. The molecule has 0 fully saturated rings. The number of unbranched alkanes of at least 4 members (excludes halogenated alkanes) is 13. The van der Waals surface area contributed by atoms with Crippen LogP contribution in [0, 0.1) is 0 Å². The van der Waals surface area contributed by atoms with Crippen molar-refractivity contribution in [3.05, 3.63) is 12.2 Å². The van der Waals surface area contributed by atoms with Gasteiger partial charge in [0.15, 0.2) is 6.10 Å². The molecule has 0 saturated carbocycles. The van der Waals surface area contributed by atoms with Crippen LogP contribution in [-0.4, -0.2) is 41.0 Å². The summed E-state index contributed by atoms with van der Waals surface area (Å²) >= 11 is 0. The average molecular weight is 535 g/mol. The highest BCUT2D eigenvalue weighted by Crippen LogP contribution is 2.35. The summed E-state index contributed by atoms with van der Waals surface area (Å²) in [6.07, 6.45) is 21.1. The van der Waals surface area contributed by atoms with Gasteiger partial charge in [-0.1, -0.05) is 90.2 Å². The molecule has 36 heavy (non-hydrogen) atoms. The predicted octanol–water partition coefficient (Wildman–Crippen LogP) is 7.17. The molecule has 212 valence electrons. The van der Waals surface area contributed by atoms with Gasteiger partial charge in [0.25, 0.3) is 0 Å². The Morgan fingerprint density at radius 1 is 0.694 bits per heavy atom. The van der Waals surface area contributed by atoms with Crippen molar-refractivity contribution in [2.45, 2.75) is 136 Å². The number of phosphoric ester groups is 1. The first-order valence-corrected chi connectivity index (χ1v) is 15.5. The number of ether oxygens (including phenoxy) is 2. The highest BCUT2D eigenvalue weighted by atomic mass is 31.2. The number of carbonyl (C=O) groups excluding carboxylic acids is 2. The van der Waals surface area contributed by atoms with E-state index in [1.807, 2.05) is 0 Å². The molecule has 0 amide bonds. The fourth-order valence-corrected chi connectivity index (χ4v) is 4.02. The molecule has 0 aromatic carbocycles. The van der Waals surface area contributed by atoms with Gasteiger partial charge >= 0.3 is 19.8 Å². The SMILES string of the molecule is CCCCC/C=C\CCCCCCCC(=O)OC(COC(=O)CCCCCCCC)COP(=O)(O)O. The predicted molar refractivity (Wildman–Crippen MR) is 142 cm³/mol. The van der Waals surface area contributed by atoms with Gasteiger partial charge < -0.3 is 19.3 Å². The van der Waals surface area contributed by atoms with Gasteiger partial charge in [-0.15, -0.1) is 0 Å². The van der Waals surface area contributed by atoms with Crippen LogP contribution in [0.1, 0.15) is 129 Å². The molecule has 9 heteroatoms. The Kier molecular flexibility index (Phi) is 23.3. The zero-order valence-corrected chi connectivity index (χ0v) is 23.6. The third kappa shape index (κ3) is 25.9. The van der Waals surface area contributed by atoms with Crippen molar-refractivity contribution in [3.63, 3.8) is 0 Å². The maximum absolute atomic E-state index is 12.2. The monoisotopic (exact) mass is 534 g/mol. The number of carbonyl (C=O) groups is 2. The highest BCUT2D eigenvalue weighted by Gasteiger charge is 2.22. The largest absolute Gasteiger partial charge is 0.469 e. The first-order valence-electron chi connectivity index (χ1n) is 14.0. The first kappa shape index (κ1) is 34.8. The van der Waals surface area contributed by atoms with Crippen LogP contribution in [0.5, 0.6) is 0 Å². The number of esters is 2. The summed E-state index contributed by atoms with van der Waals surface area (Å²) in [5, 5.41) is 0. The van der Waals surface area contributed by atoms with E-state index in [9.17, 15) is 14.2 Å². The quantitative estimate of drug-likeness (QED) is 0.0547. The van der Waals surface area contributed by atoms with Crippen molar-refractivity contribution in [1.29, 1.82) is 0 Å². The lowest BCUT2D eigenvalue weighted by molar-refractivity contribution is -0.161. The van der Waals surface area contributed by atoms with Gasteiger partial charge in [0.1, 0.15) is 6.61 Å². The molecule has 0 radical (unpaired) electrons. The fourth-order valence-electron chi connectivity index (χ4n) is 3.66. The van der Waals surface area contributed by atoms with E-state index < -0.39 is 32.5 Å². The number of hydrogen-bond donors (Lipinski definition) is 2. The minimum Gasteiger partial charge on any atom is -0.462 e. The van der Waals surface area contributed by atoms with Gasteiger partial charge in [-0.05, 0) is 38.5 Å². The molecule has 0 aliphatic heterocycles. The Hall–Kier alpha value is -1.21. The van der Waals surface area contributed by atoms with Gasteiger partial charge in [0.05, 0.1) is 6.61 Å². The second-order valence-corrected chi connectivity index (χ2v) is 10.6. The third-order valence-corrected chi connectivity index (χ3v) is 6.27. The number of rotatable bonds is 25. The maximum atomic E-state index is 12.2. The molecule has 0 aliphatic rings. The highest BCUT2D eigenvalue weighted by molar-refractivity contribution is 7.46. The molecule has 8 nitrogen and oxygen atoms in total. The summed E-state index contributed by atoms with van der Waals surface area (Å²) in [5.41, 5.74) is 0. The molecular formula is C27H51O8P. The molecule has 1 atom stereocenters. The summed E-state index contributed by atoms with van der Waals surface area (Å²) < 4.78 is 25.9. The molecule has 0 bridgehead atoms. The Morgan fingerprint density at radius 2 is 1.17 bits per heavy atom. The van der Waals surface area contributed by atoms with Gasteiger partial charge in [-0.3, -0.25) is 14.1 Å². The van der Waals surface area contributed by atoms with E-state index in [2.05, 4.69) is 30.5 Å². The third-order valence-electron chi connectivity index (χ3n) is 5.78. The van der Waals surface area contributed by atoms with Crippen LogP contribution >= 0.6 is 7.82 Å². The van der Waals surface area contributed by atoms with E-state index in [0.29, 0.717) is 6.42 Å². The molecule has 0 rings (SSSR count). The molecule has 0 aromatic rings. The lowest BCUT2D eigenvalue weighted by Crippen LogP contribution is -2.29. The Bertz CT molecular complexity index is 617. The number of phosphoric acid groups is 1. The van der Waals surface area contributed by atoms with Crippen molar-refractivity contribution in [2.24, 2.45) is 0 Å². The zero-order valence-electron chi connectivity index (χ0n) is 22.7. The van der Waals surface area contributed by atoms with Crippen LogP contribution in [0.2, 0.25) is 0 Å². The lowest BCUT2D eigenvalue weighted by Gasteiger charge is -2.18. The molecular weight excluding hydrogens is 483 g/mol. The molecule has 0 saturated heterocycles. The summed E-state index contributed by atoms with van der Waals surface area (Å²) in [5.74, 6) is -0.908. The van der Waals surface area contributed by atoms with Crippen molar-refractivity contribution in [1.82, 2.24) is 0 Å². The second kappa shape index (κ2) is 24.1. The normalized spacial score (nSPS) is 12.7. The van der Waals surface area contributed by atoms with Crippen LogP contribution in [0.15, 0.2) is 12.2 Å². The van der Waals surface area contributed by atoms with E-state index in [4.69, 9.17) is 19.3 Å². The summed E-state index contributed by atoms with van der Waals surface area (Å²) in [6.45, 7) is 3.53. The summed E-state index contributed by atoms with van der Waals surface area (Å²) in [7, 11) is -4.73. The zero-order chi connectivity index (χ0) is 26.9. The van der Waals surface area contributed by atoms with Gasteiger partial charge in [-0.2, -0.15) is 0 Å². The number of allylic oxidation sites excluding steroid dienone is 2. The first-order chi connectivity index (χ1) is 17.3. The van der Waals surface area contributed by atoms with Crippen LogP contribution < -0.4 is 0 Å². The standard InChI is InChI=1S/C27H51O8P/c1-3-5-7-9-11-12-13-14-15-16-18-20-22-27(29)35-25(24-34-36(30,31)32)23-33-26(28)21-19-17-10-8-6-4-2/h11-12,25H,3-10,13-24H2,1-2H3,(H2,30,31,32)/b12-11-. The molecule has 0 heterocycles. The topological polar surface area (TPSA) is 119 Å². The molecule has 0 aromatic heterocycles. The molecule has 1 unspecified atom stereocenters. The number of hydrogen-bond acceptors (Lipinski definition) is 6. The van der Waals surface area contributed by atoms with Gasteiger partial charge in [0.2, 0.25) is 0 Å². The molecule has 0 spiro atoms. The second-order valence-electron chi connectivity index (χ2n) is 9.37. The van der Waals surface area contributed by atoms with E-state index in [0.717, 1.165) is 70.6 Å². The molecule has 0 aliphatic carbocycles. The van der Waals surface area contributed by atoms with Crippen LogP contribution in [0.4, 0.5) is 0 Å². The van der Waals surface area contributed by atoms with Crippen molar-refractivity contribution in [2.75, 3.05) is 13.2 Å². The summed E-state index contributed by atoms with van der Waals surface area (Å²) in [4.78, 5) is 42.0. The van der Waals surface area contributed by atoms with Crippen LogP contribution in [0.3, 0.4) is 0 Å². The fraction of sp³-hybridized carbons (Fsp3) is 0.852. The van der Waals surface area contributed by atoms with Gasteiger partial charge in [-0.25, -0.2) is 4.57 Å². The van der Waals surface area contributed by atoms with Gasteiger partial charge in [0, 0.05) is 12.8 Å². The Balaban J connectivity index is 4.09. The maximum Gasteiger partial charge on any atom is 0.469 e. The van der Waals surface area contributed by atoms with E-state index in [1.54, 1.807) is 0 Å². The van der Waals surface area contributed by atoms with Crippen molar-refractivity contribution in [3.8, 4) is 0 Å². The van der Waals surface area contributed by atoms with E-state index in [1.165, 1.54) is 25.7 Å². The lowest BCUT2D eigenvalue weighted by atomic mass is 10.1. The van der Waals surface area contributed by atoms with Crippen molar-refractivity contribution < 1.29 is 37.9 Å². The summed E-state index contributed by atoms with van der Waals surface area (Å²) in [6, 6.07) is 0. The van der Waals surface area contributed by atoms with Crippen LogP contribution in [-0.2, 0) is 28.2 Å². The van der Waals surface area contributed by atoms with E-state index >= 15 is 0 Å². The van der Waals surface area contributed by atoms with Crippen LogP contribution in [0.25, 0.3) is 0 Å². The Morgan fingerprint density at radius 3 is 1.75 bits per heavy atom. The van der Waals surface area contributed by atoms with Crippen molar-refractivity contribution >= 4 is 19.8 Å². The minimum atomic E-state index is -4.73. The average Bonchev–Trinajstić information content (AvgIpc) is 2.83. The van der Waals surface area contributed by atoms with E-state index in [-0.39, 0.29) is 19.4 Å².